The van der Waals surface area contributed by atoms with Crippen LogP contribution in [-0.2, 0) is 18.3 Å². The Morgan fingerprint density at radius 2 is 2.44 bits per heavy atom. The molecular weight excluding hydrogens is 228 g/mol. The molecule has 0 spiro atoms. The lowest BCUT2D eigenvalue weighted by molar-refractivity contribution is -0.125. The van der Waals surface area contributed by atoms with Gasteiger partial charge in [-0.1, -0.05) is 6.92 Å². The van der Waals surface area contributed by atoms with Crippen LogP contribution in [0.5, 0.6) is 0 Å². The highest BCUT2D eigenvalue weighted by atomic mass is 16.1. The van der Waals surface area contributed by atoms with Gasteiger partial charge in [0, 0.05) is 26.3 Å². The van der Waals surface area contributed by atoms with Gasteiger partial charge in [-0.3, -0.25) is 9.48 Å². The third-order valence-electron chi connectivity index (χ3n) is 3.41. The second kappa shape index (κ2) is 6.00. The zero-order valence-corrected chi connectivity index (χ0v) is 11.1. The van der Waals surface area contributed by atoms with Crippen LogP contribution in [0.1, 0.15) is 18.9 Å². The summed E-state index contributed by atoms with van der Waals surface area (Å²) in [6, 6.07) is 0. The molecule has 2 atom stereocenters. The van der Waals surface area contributed by atoms with Gasteiger partial charge in [-0.25, -0.2) is 0 Å². The summed E-state index contributed by atoms with van der Waals surface area (Å²) in [7, 11) is 1.90. The number of aromatic nitrogens is 2. The fourth-order valence-electron chi connectivity index (χ4n) is 2.43. The fraction of sp³-hybridized carbons (Fsp3) is 0.692. The molecule has 2 unspecified atom stereocenters. The Bertz CT molecular complexity index is 401. The van der Waals surface area contributed by atoms with Crippen molar-refractivity contribution in [2.45, 2.75) is 19.8 Å². The first-order chi connectivity index (χ1) is 8.65. The van der Waals surface area contributed by atoms with Gasteiger partial charge in [-0.05, 0) is 30.9 Å². The van der Waals surface area contributed by atoms with Gasteiger partial charge in [0.15, 0.2) is 0 Å². The first-order valence-corrected chi connectivity index (χ1v) is 6.61. The SMILES string of the molecule is CC1CNCC(C(=O)NCCc2cnn(C)c2)C1. The zero-order valence-electron chi connectivity index (χ0n) is 11.1. The molecule has 1 aliphatic rings. The standard InChI is InChI=1S/C13H22N4O/c1-10-5-12(8-14-6-10)13(18)15-4-3-11-7-16-17(2)9-11/h7,9-10,12,14H,3-6,8H2,1-2H3,(H,15,18). The van der Waals surface area contributed by atoms with E-state index >= 15 is 0 Å². The molecule has 2 rings (SSSR count). The summed E-state index contributed by atoms with van der Waals surface area (Å²) in [5.74, 6) is 0.897. The minimum atomic E-state index is 0.127. The number of carbonyl (C=O) groups excluding carboxylic acids is 1. The number of piperidine rings is 1. The number of amides is 1. The molecule has 100 valence electrons. The van der Waals surface area contributed by atoms with E-state index in [0.717, 1.165) is 31.5 Å². The first kappa shape index (κ1) is 13.1. The van der Waals surface area contributed by atoms with Crippen molar-refractivity contribution in [1.82, 2.24) is 20.4 Å². The summed E-state index contributed by atoms with van der Waals surface area (Å²) in [6.45, 7) is 4.71. The Labute approximate surface area is 108 Å². The Hall–Kier alpha value is -1.36. The summed E-state index contributed by atoms with van der Waals surface area (Å²) in [5.41, 5.74) is 1.16. The van der Waals surface area contributed by atoms with Crippen molar-refractivity contribution in [3.05, 3.63) is 18.0 Å². The van der Waals surface area contributed by atoms with E-state index in [1.165, 1.54) is 0 Å². The average molecular weight is 250 g/mol. The molecule has 0 radical (unpaired) electrons. The molecule has 5 heteroatoms. The number of hydrogen-bond acceptors (Lipinski definition) is 3. The number of nitrogens with zero attached hydrogens (tertiary/aromatic N) is 2. The number of carbonyl (C=O) groups is 1. The van der Waals surface area contributed by atoms with Gasteiger partial charge >= 0.3 is 0 Å². The van der Waals surface area contributed by atoms with Crippen LogP contribution in [0.25, 0.3) is 0 Å². The molecule has 1 amide bonds. The van der Waals surface area contributed by atoms with Crippen LogP contribution in [0.4, 0.5) is 0 Å². The van der Waals surface area contributed by atoms with Gasteiger partial charge in [0.2, 0.25) is 5.91 Å². The van der Waals surface area contributed by atoms with Crippen molar-refractivity contribution in [1.29, 1.82) is 0 Å². The van der Waals surface area contributed by atoms with Gasteiger partial charge in [0.1, 0.15) is 0 Å². The first-order valence-electron chi connectivity index (χ1n) is 6.61. The lowest BCUT2D eigenvalue weighted by Crippen LogP contribution is -2.43. The summed E-state index contributed by atoms with van der Waals surface area (Å²) >= 11 is 0. The van der Waals surface area contributed by atoms with Crippen LogP contribution in [0.3, 0.4) is 0 Å². The molecule has 0 aromatic carbocycles. The molecule has 18 heavy (non-hydrogen) atoms. The van der Waals surface area contributed by atoms with Gasteiger partial charge in [-0.2, -0.15) is 5.10 Å². The number of aryl methyl sites for hydroxylation is 1. The van der Waals surface area contributed by atoms with E-state index in [1.54, 1.807) is 4.68 Å². The number of hydrogen-bond donors (Lipinski definition) is 2. The van der Waals surface area contributed by atoms with Gasteiger partial charge in [0.25, 0.3) is 0 Å². The molecule has 2 heterocycles. The van der Waals surface area contributed by atoms with Crippen LogP contribution in [0.2, 0.25) is 0 Å². The third-order valence-corrected chi connectivity index (χ3v) is 3.41. The monoisotopic (exact) mass is 250 g/mol. The van der Waals surface area contributed by atoms with Crippen molar-refractivity contribution >= 4 is 5.91 Å². The molecular formula is C13H22N4O. The van der Waals surface area contributed by atoms with Crippen molar-refractivity contribution < 1.29 is 4.79 Å². The predicted molar refractivity (Wildman–Crippen MR) is 70.1 cm³/mol. The molecule has 0 aliphatic carbocycles. The maximum absolute atomic E-state index is 12.0. The van der Waals surface area contributed by atoms with Crippen LogP contribution < -0.4 is 10.6 Å². The summed E-state index contributed by atoms with van der Waals surface area (Å²) in [4.78, 5) is 12.0. The van der Waals surface area contributed by atoms with E-state index in [9.17, 15) is 4.79 Å². The molecule has 2 N–H and O–H groups in total. The zero-order chi connectivity index (χ0) is 13.0. The van der Waals surface area contributed by atoms with Crippen molar-refractivity contribution in [3.8, 4) is 0 Å². The Balaban J connectivity index is 1.71. The van der Waals surface area contributed by atoms with E-state index in [4.69, 9.17) is 0 Å². The lowest BCUT2D eigenvalue weighted by Gasteiger charge is -2.26. The molecule has 1 aromatic heterocycles. The van der Waals surface area contributed by atoms with Crippen LogP contribution in [-0.4, -0.2) is 35.3 Å². The molecule has 0 bridgehead atoms. The maximum Gasteiger partial charge on any atom is 0.224 e. The highest BCUT2D eigenvalue weighted by Gasteiger charge is 2.24. The van der Waals surface area contributed by atoms with Crippen LogP contribution >= 0.6 is 0 Å². The predicted octanol–water partition coefficient (Wildman–Crippen LogP) is 0.324. The van der Waals surface area contributed by atoms with E-state index in [2.05, 4.69) is 22.7 Å². The van der Waals surface area contributed by atoms with Gasteiger partial charge < -0.3 is 10.6 Å². The largest absolute Gasteiger partial charge is 0.355 e. The number of nitrogens with one attached hydrogen (secondary N) is 2. The Kier molecular flexibility index (Phi) is 4.36. The summed E-state index contributed by atoms with van der Waals surface area (Å²) in [6.07, 6.45) is 5.66. The summed E-state index contributed by atoms with van der Waals surface area (Å²) < 4.78 is 1.78. The quantitative estimate of drug-likeness (QED) is 0.809. The minimum Gasteiger partial charge on any atom is -0.355 e. The molecule has 1 aliphatic heterocycles. The molecule has 5 nitrogen and oxygen atoms in total. The maximum atomic E-state index is 12.0. The van der Waals surface area contributed by atoms with Gasteiger partial charge in [-0.15, -0.1) is 0 Å². The topological polar surface area (TPSA) is 59.0 Å². The second-order valence-electron chi connectivity index (χ2n) is 5.26. The van der Waals surface area contributed by atoms with E-state index < -0.39 is 0 Å². The fourth-order valence-corrected chi connectivity index (χ4v) is 2.43. The van der Waals surface area contributed by atoms with Crippen molar-refractivity contribution in [2.75, 3.05) is 19.6 Å². The highest BCUT2D eigenvalue weighted by molar-refractivity contribution is 5.79. The third kappa shape index (κ3) is 3.57. The summed E-state index contributed by atoms with van der Waals surface area (Å²) in [5, 5.41) is 10.4. The molecule has 1 fully saturated rings. The lowest BCUT2D eigenvalue weighted by atomic mass is 9.91. The molecule has 1 saturated heterocycles. The second-order valence-corrected chi connectivity index (χ2v) is 5.26. The molecule has 0 saturated carbocycles. The number of rotatable bonds is 4. The van der Waals surface area contributed by atoms with E-state index in [-0.39, 0.29) is 11.8 Å². The van der Waals surface area contributed by atoms with Crippen LogP contribution in [0, 0.1) is 11.8 Å². The van der Waals surface area contributed by atoms with Crippen molar-refractivity contribution in [2.24, 2.45) is 18.9 Å². The van der Waals surface area contributed by atoms with E-state index in [0.29, 0.717) is 12.5 Å². The molecule has 1 aromatic rings. The average Bonchev–Trinajstić information content (AvgIpc) is 2.75. The van der Waals surface area contributed by atoms with Gasteiger partial charge in [0.05, 0.1) is 12.1 Å². The Morgan fingerprint density at radius 1 is 1.61 bits per heavy atom. The van der Waals surface area contributed by atoms with Crippen LogP contribution in [0.15, 0.2) is 12.4 Å². The minimum absolute atomic E-state index is 0.127. The smallest absolute Gasteiger partial charge is 0.224 e. The normalized spacial score (nSPS) is 23.9. The highest BCUT2D eigenvalue weighted by Crippen LogP contribution is 2.15. The van der Waals surface area contributed by atoms with E-state index in [1.807, 2.05) is 19.4 Å². The van der Waals surface area contributed by atoms with Crippen molar-refractivity contribution in [3.63, 3.8) is 0 Å². The Morgan fingerprint density at radius 3 is 3.11 bits per heavy atom.